The lowest BCUT2D eigenvalue weighted by molar-refractivity contribution is -0.921. The summed E-state index contributed by atoms with van der Waals surface area (Å²) in [7, 11) is 0. The zero-order valence-corrected chi connectivity index (χ0v) is 16.5. The predicted molar refractivity (Wildman–Crippen MR) is 115 cm³/mol. The monoisotopic (exact) mass is 387 g/mol. The van der Waals surface area contributed by atoms with E-state index in [2.05, 4.69) is 17.4 Å². The summed E-state index contributed by atoms with van der Waals surface area (Å²) in [5.74, 6) is -0.358. The van der Waals surface area contributed by atoms with Gasteiger partial charge in [-0.25, -0.2) is 0 Å². The van der Waals surface area contributed by atoms with Crippen LogP contribution < -0.4 is 10.2 Å². The van der Waals surface area contributed by atoms with E-state index < -0.39 is 0 Å². The summed E-state index contributed by atoms with van der Waals surface area (Å²) < 4.78 is 5.43. The van der Waals surface area contributed by atoms with Gasteiger partial charge in [-0.3, -0.25) is 4.79 Å². The molecule has 1 aliphatic rings. The van der Waals surface area contributed by atoms with E-state index in [1.165, 1.54) is 5.56 Å². The van der Waals surface area contributed by atoms with E-state index in [-0.39, 0.29) is 11.8 Å². The van der Waals surface area contributed by atoms with Crippen LogP contribution in [-0.4, -0.2) is 32.2 Å². The smallest absolute Gasteiger partial charge is 0.236 e. The predicted octanol–water partition coefficient (Wildman–Crippen LogP) is 2.87. The molecule has 0 spiro atoms. The SMILES string of the molecule is O=C(Nc1ccc(C[NH+]2CCOCC2)cc1)C(c1ccccc1)c1ccccc1. The Kier molecular flexibility index (Phi) is 6.35. The molecule has 1 amide bonds. The van der Waals surface area contributed by atoms with Crippen LogP contribution in [0.4, 0.5) is 5.69 Å². The van der Waals surface area contributed by atoms with Gasteiger partial charge >= 0.3 is 0 Å². The molecule has 0 unspecified atom stereocenters. The maximum absolute atomic E-state index is 13.2. The molecule has 1 aliphatic heterocycles. The van der Waals surface area contributed by atoms with Gasteiger partial charge in [-0.15, -0.1) is 0 Å². The van der Waals surface area contributed by atoms with Crippen molar-refractivity contribution in [2.45, 2.75) is 12.5 Å². The Bertz CT molecular complexity index is 865. The second kappa shape index (κ2) is 9.50. The fourth-order valence-corrected chi connectivity index (χ4v) is 3.83. The highest BCUT2D eigenvalue weighted by Crippen LogP contribution is 2.26. The lowest BCUT2D eigenvalue weighted by Gasteiger charge is -2.23. The van der Waals surface area contributed by atoms with E-state index in [4.69, 9.17) is 4.74 Å². The van der Waals surface area contributed by atoms with E-state index in [0.717, 1.165) is 49.7 Å². The lowest BCUT2D eigenvalue weighted by Crippen LogP contribution is -3.12. The average molecular weight is 388 g/mol. The number of quaternary nitrogens is 1. The van der Waals surface area contributed by atoms with Gasteiger partial charge in [0, 0.05) is 11.3 Å². The summed E-state index contributed by atoms with van der Waals surface area (Å²) in [4.78, 5) is 14.7. The topological polar surface area (TPSA) is 42.8 Å². The maximum Gasteiger partial charge on any atom is 0.236 e. The van der Waals surface area contributed by atoms with Gasteiger partial charge in [-0.05, 0) is 23.3 Å². The Hall–Kier alpha value is -2.95. The van der Waals surface area contributed by atoms with E-state index in [0.29, 0.717) is 0 Å². The van der Waals surface area contributed by atoms with Crippen molar-refractivity contribution in [1.29, 1.82) is 0 Å². The Labute approximate surface area is 172 Å². The zero-order chi connectivity index (χ0) is 19.9. The van der Waals surface area contributed by atoms with Crippen molar-refractivity contribution in [1.82, 2.24) is 0 Å². The first-order valence-electron chi connectivity index (χ1n) is 10.2. The van der Waals surface area contributed by atoms with Crippen LogP contribution in [0, 0.1) is 0 Å². The van der Waals surface area contributed by atoms with Crippen LogP contribution in [0.3, 0.4) is 0 Å². The molecule has 3 aromatic rings. The molecule has 148 valence electrons. The summed E-state index contributed by atoms with van der Waals surface area (Å²) in [6.45, 7) is 4.77. The van der Waals surface area contributed by atoms with Crippen LogP contribution in [0.5, 0.6) is 0 Å². The standard InChI is InChI=1S/C25H26N2O2/c28-25(24(21-7-3-1-4-8-21)22-9-5-2-6-10-22)26-23-13-11-20(12-14-23)19-27-15-17-29-18-16-27/h1-14,24H,15-19H2,(H,26,28)/p+1. The minimum absolute atomic E-state index is 0.0195. The summed E-state index contributed by atoms with van der Waals surface area (Å²) in [5, 5.41) is 3.10. The van der Waals surface area contributed by atoms with E-state index in [1.807, 2.05) is 72.8 Å². The molecule has 2 N–H and O–H groups in total. The number of rotatable bonds is 6. The molecule has 0 saturated carbocycles. The van der Waals surface area contributed by atoms with Crippen LogP contribution in [0.2, 0.25) is 0 Å². The van der Waals surface area contributed by atoms with Gasteiger partial charge in [0.25, 0.3) is 0 Å². The molecule has 1 heterocycles. The summed E-state index contributed by atoms with van der Waals surface area (Å²) in [5.41, 5.74) is 4.09. The van der Waals surface area contributed by atoms with Crippen LogP contribution in [0.15, 0.2) is 84.9 Å². The molecular formula is C25H27N2O2+. The number of amides is 1. The summed E-state index contributed by atoms with van der Waals surface area (Å²) in [6.07, 6.45) is 0. The van der Waals surface area contributed by atoms with Crippen molar-refractivity contribution < 1.29 is 14.4 Å². The molecule has 0 aromatic heterocycles. The van der Waals surface area contributed by atoms with Crippen molar-refractivity contribution in [2.24, 2.45) is 0 Å². The minimum atomic E-state index is -0.338. The van der Waals surface area contributed by atoms with Crippen molar-refractivity contribution in [3.8, 4) is 0 Å². The first-order valence-corrected chi connectivity index (χ1v) is 10.2. The summed E-state index contributed by atoms with van der Waals surface area (Å²) in [6, 6.07) is 28.1. The third kappa shape index (κ3) is 5.11. The van der Waals surface area contributed by atoms with Gasteiger partial charge in [0.15, 0.2) is 0 Å². The number of benzene rings is 3. The molecule has 0 atom stereocenters. The van der Waals surface area contributed by atoms with Gasteiger partial charge in [0.1, 0.15) is 19.6 Å². The molecule has 0 bridgehead atoms. The first kappa shape index (κ1) is 19.4. The Morgan fingerprint density at radius 2 is 1.38 bits per heavy atom. The van der Waals surface area contributed by atoms with Crippen molar-refractivity contribution >= 4 is 11.6 Å². The molecular weight excluding hydrogens is 360 g/mol. The Morgan fingerprint density at radius 1 is 0.828 bits per heavy atom. The number of nitrogens with one attached hydrogen (secondary N) is 2. The summed E-state index contributed by atoms with van der Waals surface area (Å²) >= 11 is 0. The first-order chi connectivity index (χ1) is 14.3. The molecule has 4 rings (SSSR count). The number of ether oxygens (including phenoxy) is 1. The van der Waals surface area contributed by atoms with Gasteiger partial charge in [0.2, 0.25) is 5.91 Å². The molecule has 0 aliphatic carbocycles. The van der Waals surface area contributed by atoms with Crippen molar-refractivity contribution in [2.75, 3.05) is 31.6 Å². The van der Waals surface area contributed by atoms with Crippen molar-refractivity contribution in [3.63, 3.8) is 0 Å². The van der Waals surface area contributed by atoms with Gasteiger partial charge in [0.05, 0.1) is 19.1 Å². The van der Waals surface area contributed by atoms with Crippen LogP contribution in [0.1, 0.15) is 22.6 Å². The lowest BCUT2D eigenvalue weighted by atomic mass is 9.90. The molecule has 1 fully saturated rings. The molecule has 1 saturated heterocycles. The number of morpholine rings is 1. The highest BCUT2D eigenvalue weighted by Gasteiger charge is 2.22. The molecule has 29 heavy (non-hydrogen) atoms. The highest BCUT2D eigenvalue weighted by atomic mass is 16.5. The second-order valence-electron chi connectivity index (χ2n) is 7.48. The molecule has 4 nitrogen and oxygen atoms in total. The van der Waals surface area contributed by atoms with Crippen LogP contribution in [0.25, 0.3) is 0 Å². The second-order valence-corrected chi connectivity index (χ2v) is 7.48. The number of hydrogen-bond acceptors (Lipinski definition) is 2. The van der Waals surface area contributed by atoms with E-state index >= 15 is 0 Å². The fraction of sp³-hybridized carbons (Fsp3) is 0.240. The fourth-order valence-electron chi connectivity index (χ4n) is 3.83. The van der Waals surface area contributed by atoms with Gasteiger partial charge in [-0.1, -0.05) is 72.8 Å². The molecule has 4 heteroatoms. The van der Waals surface area contributed by atoms with Crippen molar-refractivity contribution in [3.05, 3.63) is 102 Å². The highest BCUT2D eigenvalue weighted by molar-refractivity contribution is 5.98. The normalized spacial score (nSPS) is 14.7. The van der Waals surface area contributed by atoms with Gasteiger partial charge in [-0.2, -0.15) is 0 Å². The third-order valence-electron chi connectivity index (χ3n) is 5.40. The van der Waals surface area contributed by atoms with Crippen LogP contribution in [-0.2, 0) is 16.1 Å². The molecule has 3 aromatic carbocycles. The minimum Gasteiger partial charge on any atom is -0.370 e. The third-order valence-corrected chi connectivity index (χ3v) is 5.40. The molecule has 0 radical (unpaired) electrons. The Balaban J connectivity index is 1.47. The Morgan fingerprint density at radius 3 is 1.93 bits per heavy atom. The van der Waals surface area contributed by atoms with E-state index in [1.54, 1.807) is 4.90 Å². The van der Waals surface area contributed by atoms with Crippen LogP contribution >= 0.6 is 0 Å². The number of anilines is 1. The maximum atomic E-state index is 13.2. The van der Waals surface area contributed by atoms with Gasteiger partial charge < -0.3 is 15.0 Å². The largest absolute Gasteiger partial charge is 0.370 e. The number of carbonyl (C=O) groups excluding carboxylic acids is 1. The van der Waals surface area contributed by atoms with E-state index in [9.17, 15) is 4.79 Å². The zero-order valence-electron chi connectivity index (χ0n) is 16.5. The quantitative estimate of drug-likeness (QED) is 0.683. The average Bonchev–Trinajstić information content (AvgIpc) is 2.78. The number of carbonyl (C=O) groups is 1. The number of hydrogen-bond donors (Lipinski definition) is 2.